The van der Waals surface area contributed by atoms with E-state index in [9.17, 15) is 8.42 Å². The normalized spacial score (nSPS) is 25.8. The van der Waals surface area contributed by atoms with Crippen molar-refractivity contribution >= 4 is 10.0 Å². The molecule has 2 aliphatic rings. The summed E-state index contributed by atoms with van der Waals surface area (Å²) in [5.74, 6) is 0. The quantitative estimate of drug-likeness (QED) is 0.628. The predicted molar refractivity (Wildman–Crippen MR) is 51.9 cm³/mol. The van der Waals surface area contributed by atoms with E-state index in [1.165, 1.54) is 5.57 Å². The van der Waals surface area contributed by atoms with Crippen molar-refractivity contribution in [3.05, 3.63) is 11.6 Å². The van der Waals surface area contributed by atoms with E-state index in [0.29, 0.717) is 13.1 Å². The predicted octanol–water partition coefficient (Wildman–Crippen LogP) is 1.13. The summed E-state index contributed by atoms with van der Waals surface area (Å²) in [7, 11) is -2.93. The van der Waals surface area contributed by atoms with Crippen LogP contribution in [-0.4, -0.2) is 31.1 Å². The summed E-state index contributed by atoms with van der Waals surface area (Å²) in [6, 6.07) is 0. The van der Waals surface area contributed by atoms with Crippen LogP contribution in [0.4, 0.5) is 0 Å². The van der Waals surface area contributed by atoms with Gasteiger partial charge in [0.15, 0.2) is 0 Å². The van der Waals surface area contributed by atoms with Crippen molar-refractivity contribution in [1.29, 1.82) is 0 Å². The molecule has 0 N–H and O–H groups in total. The van der Waals surface area contributed by atoms with Crippen LogP contribution in [0.1, 0.15) is 26.2 Å². The second kappa shape index (κ2) is 3.10. The third-order valence-corrected chi connectivity index (χ3v) is 4.95. The van der Waals surface area contributed by atoms with Gasteiger partial charge in [0, 0.05) is 13.1 Å². The molecule has 0 spiro atoms. The molecule has 4 heteroatoms. The van der Waals surface area contributed by atoms with Gasteiger partial charge in [-0.05, 0) is 26.2 Å². The molecule has 0 saturated heterocycles. The summed E-state index contributed by atoms with van der Waals surface area (Å²) in [4.78, 5) is 0. The summed E-state index contributed by atoms with van der Waals surface area (Å²) >= 11 is 0. The maximum Gasteiger partial charge on any atom is 0.217 e. The zero-order chi connectivity index (χ0) is 9.47. The van der Waals surface area contributed by atoms with Gasteiger partial charge < -0.3 is 0 Å². The molecule has 1 aliphatic heterocycles. The standard InChI is InChI=1S/C9H15NO2S/c1-8-3-2-6-10(7-8)13(11,12)9-4-5-9/h3,9H,2,4-7H2,1H3. The van der Waals surface area contributed by atoms with Crippen molar-refractivity contribution < 1.29 is 8.42 Å². The van der Waals surface area contributed by atoms with Crippen LogP contribution in [0.25, 0.3) is 0 Å². The molecule has 1 aliphatic carbocycles. The molecule has 0 atom stereocenters. The first kappa shape index (κ1) is 9.21. The van der Waals surface area contributed by atoms with Crippen molar-refractivity contribution in [2.45, 2.75) is 31.4 Å². The number of sulfonamides is 1. The first-order valence-corrected chi connectivity index (χ1v) is 6.25. The lowest BCUT2D eigenvalue weighted by Crippen LogP contribution is -2.37. The van der Waals surface area contributed by atoms with Crippen molar-refractivity contribution in [3.8, 4) is 0 Å². The van der Waals surface area contributed by atoms with E-state index < -0.39 is 10.0 Å². The van der Waals surface area contributed by atoms with Crippen LogP contribution in [0.3, 0.4) is 0 Å². The molecule has 0 radical (unpaired) electrons. The van der Waals surface area contributed by atoms with Crippen molar-refractivity contribution in [2.24, 2.45) is 0 Å². The number of hydrogen-bond acceptors (Lipinski definition) is 2. The third-order valence-electron chi connectivity index (χ3n) is 2.60. The average Bonchev–Trinajstić information content (AvgIpc) is 2.86. The lowest BCUT2D eigenvalue weighted by molar-refractivity contribution is 0.427. The van der Waals surface area contributed by atoms with E-state index in [1.807, 2.05) is 6.92 Å². The van der Waals surface area contributed by atoms with Crippen LogP contribution in [-0.2, 0) is 10.0 Å². The van der Waals surface area contributed by atoms with E-state index in [1.54, 1.807) is 4.31 Å². The Kier molecular flexibility index (Phi) is 2.20. The fourth-order valence-corrected chi connectivity index (χ4v) is 3.57. The van der Waals surface area contributed by atoms with E-state index in [2.05, 4.69) is 6.08 Å². The topological polar surface area (TPSA) is 37.4 Å². The van der Waals surface area contributed by atoms with Gasteiger partial charge in [-0.25, -0.2) is 8.42 Å². The molecule has 1 fully saturated rings. The molecule has 0 aromatic rings. The molecular formula is C9H15NO2S. The zero-order valence-corrected chi connectivity index (χ0v) is 8.68. The van der Waals surface area contributed by atoms with E-state index in [0.717, 1.165) is 19.3 Å². The highest BCUT2D eigenvalue weighted by molar-refractivity contribution is 7.90. The molecule has 2 rings (SSSR count). The van der Waals surface area contributed by atoms with Crippen molar-refractivity contribution in [2.75, 3.05) is 13.1 Å². The van der Waals surface area contributed by atoms with Crippen LogP contribution >= 0.6 is 0 Å². The Morgan fingerprint density at radius 2 is 2.15 bits per heavy atom. The summed E-state index contributed by atoms with van der Waals surface area (Å²) in [5.41, 5.74) is 1.18. The Labute approximate surface area is 79.5 Å². The van der Waals surface area contributed by atoms with Crippen LogP contribution < -0.4 is 0 Å². The van der Waals surface area contributed by atoms with Crippen LogP contribution in [0, 0.1) is 0 Å². The SMILES string of the molecule is CC1=CCCN(S(=O)(=O)C2CC2)C1. The van der Waals surface area contributed by atoms with Gasteiger partial charge in [0.2, 0.25) is 10.0 Å². The van der Waals surface area contributed by atoms with Gasteiger partial charge in [-0.3, -0.25) is 0 Å². The van der Waals surface area contributed by atoms with Gasteiger partial charge in [0.1, 0.15) is 0 Å². The molecule has 0 amide bonds. The highest BCUT2D eigenvalue weighted by Gasteiger charge is 2.40. The second-order valence-electron chi connectivity index (χ2n) is 3.92. The van der Waals surface area contributed by atoms with Gasteiger partial charge >= 0.3 is 0 Å². The maximum absolute atomic E-state index is 11.8. The van der Waals surface area contributed by atoms with Gasteiger partial charge in [-0.1, -0.05) is 11.6 Å². The Hall–Kier alpha value is -0.350. The molecule has 13 heavy (non-hydrogen) atoms. The third kappa shape index (κ3) is 1.79. The minimum absolute atomic E-state index is 0.0570. The lowest BCUT2D eigenvalue weighted by Gasteiger charge is -2.25. The minimum atomic E-state index is -2.93. The molecule has 1 saturated carbocycles. The second-order valence-corrected chi connectivity index (χ2v) is 6.13. The van der Waals surface area contributed by atoms with Gasteiger partial charge in [-0.15, -0.1) is 0 Å². The van der Waals surface area contributed by atoms with Gasteiger partial charge in [0.25, 0.3) is 0 Å². The molecule has 0 unspecified atom stereocenters. The number of rotatable bonds is 2. The Balaban J connectivity index is 2.13. The largest absolute Gasteiger partial charge is 0.217 e. The van der Waals surface area contributed by atoms with E-state index in [4.69, 9.17) is 0 Å². The summed E-state index contributed by atoms with van der Waals surface area (Å²) in [6.07, 6.45) is 4.72. The molecule has 0 bridgehead atoms. The lowest BCUT2D eigenvalue weighted by atomic mass is 10.2. The van der Waals surface area contributed by atoms with Gasteiger partial charge in [0.05, 0.1) is 5.25 Å². The highest BCUT2D eigenvalue weighted by atomic mass is 32.2. The number of hydrogen-bond donors (Lipinski definition) is 0. The Morgan fingerprint density at radius 3 is 2.69 bits per heavy atom. The Bertz CT molecular complexity index is 328. The zero-order valence-electron chi connectivity index (χ0n) is 7.86. The molecule has 1 heterocycles. The van der Waals surface area contributed by atoms with Crippen LogP contribution in [0.5, 0.6) is 0 Å². The smallest absolute Gasteiger partial charge is 0.212 e. The minimum Gasteiger partial charge on any atom is -0.212 e. The fourth-order valence-electron chi connectivity index (χ4n) is 1.67. The molecule has 0 aromatic carbocycles. The molecular weight excluding hydrogens is 186 g/mol. The van der Waals surface area contributed by atoms with Crippen molar-refractivity contribution in [1.82, 2.24) is 4.31 Å². The summed E-state index contributed by atoms with van der Waals surface area (Å²) in [6.45, 7) is 3.28. The number of nitrogens with zero attached hydrogens (tertiary/aromatic N) is 1. The van der Waals surface area contributed by atoms with Crippen molar-refractivity contribution in [3.63, 3.8) is 0 Å². The van der Waals surface area contributed by atoms with Crippen LogP contribution in [0.15, 0.2) is 11.6 Å². The average molecular weight is 201 g/mol. The monoisotopic (exact) mass is 201 g/mol. The highest BCUT2D eigenvalue weighted by Crippen LogP contribution is 2.32. The first-order valence-electron chi connectivity index (χ1n) is 4.75. The first-order chi connectivity index (χ1) is 6.10. The molecule has 3 nitrogen and oxygen atoms in total. The molecule has 0 aromatic heterocycles. The fraction of sp³-hybridized carbons (Fsp3) is 0.778. The van der Waals surface area contributed by atoms with Gasteiger partial charge in [-0.2, -0.15) is 4.31 Å². The summed E-state index contributed by atoms with van der Waals surface area (Å²) < 4.78 is 25.2. The molecule has 74 valence electrons. The Morgan fingerprint density at radius 1 is 1.46 bits per heavy atom. The van der Waals surface area contributed by atoms with E-state index in [-0.39, 0.29) is 5.25 Å². The van der Waals surface area contributed by atoms with E-state index >= 15 is 0 Å². The summed E-state index contributed by atoms with van der Waals surface area (Å²) in [5, 5.41) is -0.0570. The van der Waals surface area contributed by atoms with Crippen LogP contribution in [0.2, 0.25) is 0 Å². The maximum atomic E-state index is 11.8.